The molecule has 3 rings (SSSR count). The third-order valence-electron chi connectivity index (χ3n) is 6.30. The SMILES string of the molecule is CCCNC(=O)[C@H](C)N(Cc1ccc(Br)cc1)C(=O)CN(c1ccc(Cl)cc1C)S(=O)(=O)c1ccc(C)cc1. The number of nitrogens with one attached hydrogen (secondary N) is 1. The summed E-state index contributed by atoms with van der Waals surface area (Å²) in [6.07, 6.45) is 0.748. The topological polar surface area (TPSA) is 86.8 Å². The molecule has 1 atom stereocenters. The van der Waals surface area contributed by atoms with Gasteiger partial charge in [0.2, 0.25) is 11.8 Å². The number of carbonyl (C=O) groups is 2. The van der Waals surface area contributed by atoms with Gasteiger partial charge in [-0.15, -0.1) is 0 Å². The van der Waals surface area contributed by atoms with Gasteiger partial charge in [-0.2, -0.15) is 0 Å². The van der Waals surface area contributed by atoms with E-state index in [1.165, 1.54) is 17.0 Å². The van der Waals surface area contributed by atoms with Gasteiger partial charge in [0, 0.05) is 22.6 Å². The average molecular weight is 635 g/mol. The highest BCUT2D eigenvalue weighted by Crippen LogP contribution is 2.29. The summed E-state index contributed by atoms with van der Waals surface area (Å²) in [4.78, 5) is 28.3. The van der Waals surface area contributed by atoms with Crippen molar-refractivity contribution >= 4 is 55.1 Å². The van der Waals surface area contributed by atoms with Gasteiger partial charge in [0.25, 0.3) is 10.0 Å². The predicted molar refractivity (Wildman–Crippen MR) is 159 cm³/mol. The number of hydrogen-bond donors (Lipinski definition) is 1. The maximum atomic E-state index is 13.9. The van der Waals surface area contributed by atoms with Crippen LogP contribution in [0.2, 0.25) is 5.02 Å². The molecule has 0 heterocycles. The Morgan fingerprint density at radius 3 is 2.23 bits per heavy atom. The standard InChI is InChI=1S/C29H33BrClN3O4S/c1-5-16-32-29(36)22(4)33(18-23-8-10-24(30)11-9-23)28(35)19-34(27-15-12-25(31)17-21(27)3)39(37,38)26-13-6-20(2)7-14-26/h6-15,17,22H,5,16,18-19H2,1-4H3,(H,32,36)/t22-/m0/s1. The van der Waals surface area contributed by atoms with Crippen LogP contribution in [0.5, 0.6) is 0 Å². The Morgan fingerprint density at radius 2 is 1.64 bits per heavy atom. The summed E-state index contributed by atoms with van der Waals surface area (Å²) < 4.78 is 29.8. The first-order chi connectivity index (χ1) is 18.4. The monoisotopic (exact) mass is 633 g/mol. The van der Waals surface area contributed by atoms with E-state index < -0.39 is 28.5 Å². The van der Waals surface area contributed by atoms with Crippen molar-refractivity contribution in [2.24, 2.45) is 0 Å². The van der Waals surface area contributed by atoms with Crippen molar-refractivity contribution in [3.05, 3.63) is 92.9 Å². The highest BCUT2D eigenvalue weighted by Gasteiger charge is 2.33. The molecule has 3 aromatic carbocycles. The van der Waals surface area contributed by atoms with Crippen LogP contribution in [0.15, 0.2) is 76.1 Å². The molecular weight excluding hydrogens is 602 g/mol. The number of amides is 2. The molecule has 208 valence electrons. The third-order valence-corrected chi connectivity index (χ3v) is 8.84. The lowest BCUT2D eigenvalue weighted by Gasteiger charge is -2.32. The molecule has 7 nitrogen and oxygen atoms in total. The van der Waals surface area contributed by atoms with Gasteiger partial charge < -0.3 is 10.2 Å². The summed E-state index contributed by atoms with van der Waals surface area (Å²) in [6, 6.07) is 17.9. The molecule has 0 bridgehead atoms. The van der Waals surface area contributed by atoms with Crippen LogP contribution in [0.25, 0.3) is 0 Å². The number of anilines is 1. The average Bonchev–Trinajstić information content (AvgIpc) is 2.90. The quantitative estimate of drug-likeness (QED) is 0.286. The van der Waals surface area contributed by atoms with Gasteiger partial charge in [-0.3, -0.25) is 13.9 Å². The summed E-state index contributed by atoms with van der Waals surface area (Å²) >= 11 is 9.57. The number of aryl methyl sites for hydroxylation is 2. The Morgan fingerprint density at radius 1 is 1.00 bits per heavy atom. The summed E-state index contributed by atoms with van der Waals surface area (Å²) in [5, 5.41) is 3.29. The third kappa shape index (κ3) is 7.84. The molecule has 0 aliphatic carbocycles. The molecule has 39 heavy (non-hydrogen) atoms. The fourth-order valence-electron chi connectivity index (χ4n) is 4.01. The van der Waals surface area contributed by atoms with Crippen molar-refractivity contribution in [1.29, 1.82) is 0 Å². The summed E-state index contributed by atoms with van der Waals surface area (Å²) in [5.41, 5.74) is 2.64. The van der Waals surface area contributed by atoms with Gasteiger partial charge in [-0.1, -0.05) is 64.3 Å². The van der Waals surface area contributed by atoms with Crippen LogP contribution in [0, 0.1) is 13.8 Å². The van der Waals surface area contributed by atoms with Gasteiger partial charge in [0.1, 0.15) is 12.6 Å². The molecule has 2 amide bonds. The van der Waals surface area contributed by atoms with Crippen molar-refractivity contribution in [1.82, 2.24) is 10.2 Å². The minimum absolute atomic E-state index is 0.0587. The largest absolute Gasteiger partial charge is 0.354 e. The molecule has 0 saturated carbocycles. The van der Waals surface area contributed by atoms with Crippen LogP contribution in [0.4, 0.5) is 5.69 Å². The zero-order valence-electron chi connectivity index (χ0n) is 22.4. The van der Waals surface area contributed by atoms with Crippen molar-refractivity contribution < 1.29 is 18.0 Å². The van der Waals surface area contributed by atoms with Crippen LogP contribution in [0.3, 0.4) is 0 Å². The van der Waals surface area contributed by atoms with E-state index in [2.05, 4.69) is 21.2 Å². The normalized spacial score (nSPS) is 12.1. The van der Waals surface area contributed by atoms with Gasteiger partial charge in [-0.05, 0) is 80.8 Å². The molecule has 0 aromatic heterocycles. The smallest absolute Gasteiger partial charge is 0.264 e. The first kappa shape index (κ1) is 30.7. The number of rotatable bonds is 11. The van der Waals surface area contributed by atoms with Gasteiger partial charge in [-0.25, -0.2) is 8.42 Å². The number of carbonyl (C=O) groups excluding carboxylic acids is 2. The van der Waals surface area contributed by atoms with Crippen molar-refractivity contribution in [3.63, 3.8) is 0 Å². The number of nitrogens with zero attached hydrogens (tertiary/aromatic N) is 2. The Balaban J connectivity index is 2.05. The van der Waals surface area contributed by atoms with E-state index in [0.717, 1.165) is 26.3 Å². The van der Waals surface area contributed by atoms with Gasteiger partial charge in [0.05, 0.1) is 10.6 Å². The lowest BCUT2D eigenvalue weighted by atomic mass is 10.1. The van der Waals surface area contributed by atoms with Crippen molar-refractivity contribution in [3.8, 4) is 0 Å². The van der Waals surface area contributed by atoms with E-state index >= 15 is 0 Å². The van der Waals surface area contributed by atoms with Gasteiger partial charge >= 0.3 is 0 Å². The Labute approximate surface area is 244 Å². The van der Waals surface area contributed by atoms with E-state index in [9.17, 15) is 18.0 Å². The van der Waals surface area contributed by atoms with Crippen LogP contribution < -0.4 is 9.62 Å². The highest BCUT2D eigenvalue weighted by molar-refractivity contribution is 9.10. The van der Waals surface area contributed by atoms with Crippen LogP contribution >= 0.6 is 27.5 Å². The molecule has 0 unspecified atom stereocenters. The molecule has 0 aliphatic heterocycles. The van der Waals surface area contributed by atoms with Crippen molar-refractivity contribution in [2.45, 2.75) is 51.6 Å². The first-order valence-corrected chi connectivity index (χ1v) is 15.2. The second-order valence-electron chi connectivity index (χ2n) is 9.37. The zero-order chi connectivity index (χ0) is 28.7. The van der Waals surface area contributed by atoms with E-state index in [-0.39, 0.29) is 17.3 Å². The number of halogens is 2. The highest BCUT2D eigenvalue weighted by atomic mass is 79.9. The molecule has 0 saturated heterocycles. The summed E-state index contributed by atoms with van der Waals surface area (Å²) in [6.45, 7) is 7.30. The van der Waals surface area contributed by atoms with E-state index in [4.69, 9.17) is 11.6 Å². The van der Waals surface area contributed by atoms with Crippen LogP contribution in [0.1, 0.15) is 37.0 Å². The maximum absolute atomic E-state index is 13.9. The lowest BCUT2D eigenvalue weighted by molar-refractivity contribution is -0.139. The van der Waals surface area contributed by atoms with E-state index in [1.807, 2.05) is 38.1 Å². The molecule has 0 spiro atoms. The molecule has 0 radical (unpaired) electrons. The predicted octanol–water partition coefficient (Wildman–Crippen LogP) is 5.86. The van der Waals surface area contributed by atoms with E-state index in [1.54, 1.807) is 44.2 Å². The zero-order valence-corrected chi connectivity index (χ0v) is 25.6. The van der Waals surface area contributed by atoms with Gasteiger partial charge in [0.15, 0.2) is 0 Å². The second kappa shape index (κ2) is 13.5. The first-order valence-electron chi connectivity index (χ1n) is 12.6. The molecule has 0 fully saturated rings. The van der Waals surface area contributed by atoms with E-state index in [0.29, 0.717) is 22.8 Å². The number of benzene rings is 3. The Hall–Kier alpha value is -2.88. The molecular formula is C29H33BrClN3O4S. The number of hydrogen-bond acceptors (Lipinski definition) is 4. The molecule has 3 aromatic rings. The molecule has 10 heteroatoms. The van der Waals surface area contributed by atoms with Crippen molar-refractivity contribution in [2.75, 3.05) is 17.4 Å². The Kier molecular flexibility index (Phi) is 10.6. The van der Waals surface area contributed by atoms with Crippen LogP contribution in [-0.2, 0) is 26.2 Å². The molecule has 1 N–H and O–H groups in total. The second-order valence-corrected chi connectivity index (χ2v) is 12.6. The summed E-state index contributed by atoms with van der Waals surface area (Å²) in [7, 11) is -4.14. The summed E-state index contributed by atoms with van der Waals surface area (Å²) in [5.74, 6) is -0.819. The maximum Gasteiger partial charge on any atom is 0.264 e. The minimum atomic E-state index is -4.14. The molecule has 0 aliphatic rings. The fraction of sp³-hybridized carbons (Fsp3) is 0.310. The number of sulfonamides is 1. The Bertz CT molecular complexity index is 1410. The fourth-order valence-corrected chi connectivity index (χ4v) is 5.98. The van der Waals surface area contributed by atoms with Crippen LogP contribution in [-0.4, -0.2) is 44.3 Å². The lowest BCUT2D eigenvalue weighted by Crippen LogP contribution is -2.51. The minimum Gasteiger partial charge on any atom is -0.354 e.